The lowest BCUT2D eigenvalue weighted by molar-refractivity contribution is -0.156. The van der Waals surface area contributed by atoms with Crippen molar-refractivity contribution < 1.29 is 9.59 Å². The molecular weight excluding hydrogens is 516 g/mol. The molecule has 5 heterocycles. The molecule has 210 valence electrons. The smallest absolute Gasteiger partial charge is 0.320 e. The molecule has 2 saturated heterocycles. The van der Waals surface area contributed by atoms with E-state index in [9.17, 15) is 9.59 Å². The van der Waals surface area contributed by atoms with E-state index in [0.717, 1.165) is 23.4 Å². The summed E-state index contributed by atoms with van der Waals surface area (Å²) in [5.74, 6) is 1.31. The average Bonchev–Trinajstić information content (AvgIpc) is 3.64. The number of amides is 3. The van der Waals surface area contributed by atoms with Crippen molar-refractivity contribution in [3.05, 3.63) is 35.1 Å². The molecular formula is C26H38N10O2S. The highest BCUT2D eigenvalue weighted by molar-refractivity contribution is 7.03. The lowest BCUT2D eigenvalue weighted by atomic mass is 9.80. The number of carbonyl (C=O) groups excluding carboxylic acids is 2. The maximum Gasteiger partial charge on any atom is 0.320 e. The Morgan fingerprint density at radius 1 is 1.28 bits per heavy atom. The van der Waals surface area contributed by atoms with Crippen LogP contribution in [0.25, 0.3) is 5.69 Å². The maximum atomic E-state index is 13.7. The number of guanidine groups is 1. The highest BCUT2D eigenvalue weighted by Crippen LogP contribution is 2.32. The molecule has 2 aromatic heterocycles. The third kappa shape index (κ3) is 5.50. The number of hydrogen-bond donors (Lipinski definition) is 4. The summed E-state index contributed by atoms with van der Waals surface area (Å²) in [5, 5.41) is 23.0. The summed E-state index contributed by atoms with van der Waals surface area (Å²) < 4.78 is 5.89. The van der Waals surface area contributed by atoms with Crippen LogP contribution in [0.2, 0.25) is 0 Å². The number of urea groups is 1. The molecule has 39 heavy (non-hydrogen) atoms. The summed E-state index contributed by atoms with van der Waals surface area (Å²) in [4.78, 5) is 31.2. The van der Waals surface area contributed by atoms with E-state index in [4.69, 9.17) is 5.10 Å². The van der Waals surface area contributed by atoms with Crippen molar-refractivity contribution >= 4 is 35.2 Å². The fourth-order valence-corrected chi connectivity index (χ4v) is 5.83. The molecule has 0 aromatic carbocycles. The van der Waals surface area contributed by atoms with Crippen LogP contribution >= 0.6 is 11.5 Å². The van der Waals surface area contributed by atoms with Crippen LogP contribution < -0.4 is 21.3 Å². The first-order valence-corrected chi connectivity index (χ1v) is 14.2. The molecule has 12 nitrogen and oxygen atoms in total. The van der Waals surface area contributed by atoms with Crippen LogP contribution in [0.3, 0.4) is 0 Å². The van der Waals surface area contributed by atoms with Crippen LogP contribution in [0.15, 0.2) is 34.4 Å². The van der Waals surface area contributed by atoms with Crippen molar-refractivity contribution in [1.82, 2.24) is 40.1 Å². The van der Waals surface area contributed by atoms with Gasteiger partial charge in [-0.3, -0.25) is 15.1 Å². The van der Waals surface area contributed by atoms with Crippen molar-refractivity contribution in [1.29, 1.82) is 0 Å². The highest BCUT2D eigenvalue weighted by atomic mass is 32.1. The summed E-state index contributed by atoms with van der Waals surface area (Å²) in [7, 11) is 1.82. The Kier molecular flexibility index (Phi) is 7.38. The molecule has 2 fully saturated rings. The van der Waals surface area contributed by atoms with E-state index >= 15 is 0 Å². The molecule has 4 N–H and O–H groups in total. The van der Waals surface area contributed by atoms with Gasteiger partial charge in [0.05, 0.1) is 36.1 Å². The van der Waals surface area contributed by atoms with Gasteiger partial charge in [-0.25, -0.2) is 19.5 Å². The monoisotopic (exact) mass is 554 g/mol. The van der Waals surface area contributed by atoms with Crippen molar-refractivity contribution in [3.63, 3.8) is 0 Å². The van der Waals surface area contributed by atoms with Gasteiger partial charge in [-0.1, -0.05) is 34.6 Å². The van der Waals surface area contributed by atoms with Gasteiger partial charge in [0.25, 0.3) is 0 Å². The largest absolute Gasteiger partial charge is 0.359 e. The van der Waals surface area contributed by atoms with Gasteiger partial charge in [0, 0.05) is 49.2 Å². The van der Waals surface area contributed by atoms with Crippen LogP contribution in [-0.4, -0.2) is 80.8 Å². The first kappa shape index (κ1) is 27.1. The lowest BCUT2D eigenvalue weighted by Crippen LogP contribution is -2.62. The SMILES string of the molecule is CNC1=NC=C2CN(N3CCC(NC(=O)Nc4cc(C(C)(C)C)nn4-c4cnsc4)C3)C(=O)C(C(C)C)C2N1. The zero-order valence-electron chi connectivity index (χ0n) is 23.4. The van der Waals surface area contributed by atoms with E-state index in [2.05, 4.69) is 70.3 Å². The van der Waals surface area contributed by atoms with E-state index in [0.29, 0.717) is 31.4 Å². The number of anilines is 1. The molecule has 3 aliphatic heterocycles. The predicted octanol–water partition coefficient (Wildman–Crippen LogP) is 2.28. The second-order valence-electron chi connectivity index (χ2n) is 11.7. The van der Waals surface area contributed by atoms with Crippen molar-refractivity contribution in [3.8, 4) is 5.69 Å². The van der Waals surface area contributed by atoms with Crippen molar-refractivity contribution in [2.45, 2.75) is 58.5 Å². The Morgan fingerprint density at radius 3 is 2.74 bits per heavy atom. The first-order valence-electron chi connectivity index (χ1n) is 13.4. The fraction of sp³-hybridized carbons (Fsp3) is 0.577. The molecule has 5 rings (SSSR count). The fourth-order valence-electron chi connectivity index (χ4n) is 5.33. The van der Waals surface area contributed by atoms with Gasteiger partial charge in [0.2, 0.25) is 5.91 Å². The maximum absolute atomic E-state index is 13.7. The third-order valence-corrected chi connectivity index (χ3v) is 8.04. The molecule has 3 aliphatic rings. The molecule has 13 heteroatoms. The van der Waals surface area contributed by atoms with Gasteiger partial charge in [0.15, 0.2) is 5.96 Å². The molecule has 3 unspecified atom stereocenters. The normalized spacial score (nSPS) is 23.7. The van der Waals surface area contributed by atoms with Crippen LogP contribution in [0.4, 0.5) is 10.6 Å². The Labute approximate surface area is 233 Å². The van der Waals surface area contributed by atoms with Gasteiger partial charge in [-0.2, -0.15) is 9.47 Å². The predicted molar refractivity (Wildman–Crippen MR) is 152 cm³/mol. The standard InChI is InChI=1S/C26H38N10O2S/c1-15(2)21-22-16(10-28-24(27-6)32-22)12-35(23(21)37)34-8-7-17(13-34)30-25(38)31-20-9-19(26(3,4)5)33-36(20)18-11-29-39-14-18/h9-11,14-15,17,21-22H,7-8,12-13H2,1-6H3,(H2,27,28,32)(H2,30,31,38). The lowest BCUT2D eigenvalue weighted by Gasteiger charge is -2.45. The summed E-state index contributed by atoms with van der Waals surface area (Å²) in [6, 6.07) is 1.44. The molecule has 0 aliphatic carbocycles. The number of piperidine rings is 1. The molecule has 0 radical (unpaired) electrons. The molecule has 2 aromatic rings. The molecule has 3 atom stereocenters. The molecule has 3 amide bonds. The van der Waals surface area contributed by atoms with E-state index in [1.54, 1.807) is 10.9 Å². The van der Waals surface area contributed by atoms with E-state index in [-0.39, 0.29) is 41.3 Å². The molecule has 0 spiro atoms. The van der Waals surface area contributed by atoms with Crippen molar-refractivity contribution in [2.75, 3.05) is 32.0 Å². The van der Waals surface area contributed by atoms with Crippen LogP contribution in [0, 0.1) is 11.8 Å². The van der Waals surface area contributed by atoms with Crippen LogP contribution in [0.1, 0.15) is 46.7 Å². The van der Waals surface area contributed by atoms with E-state index in [1.165, 1.54) is 11.5 Å². The number of carbonyl (C=O) groups is 2. The first-order chi connectivity index (χ1) is 18.5. The number of fused-ring (bicyclic) bond motifs is 1. The Hall–Kier alpha value is -3.45. The number of hydrogen-bond acceptors (Lipinski definition) is 9. The highest BCUT2D eigenvalue weighted by Gasteiger charge is 2.45. The second-order valence-corrected chi connectivity index (χ2v) is 12.3. The van der Waals surface area contributed by atoms with Gasteiger partial charge in [-0.15, -0.1) is 0 Å². The summed E-state index contributed by atoms with van der Waals surface area (Å²) >= 11 is 1.33. The number of nitrogens with zero attached hydrogens (tertiary/aromatic N) is 6. The summed E-state index contributed by atoms with van der Waals surface area (Å²) in [6.45, 7) is 12.1. The third-order valence-electron chi connectivity index (χ3n) is 7.46. The summed E-state index contributed by atoms with van der Waals surface area (Å²) in [6.07, 6.45) is 4.35. The van der Waals surface area contributed by atoms with Gasteiger partial charge in [0.1, 0.15) is 5.82 Å². The Morgan fingerprint density at radius 2 is 2.08 bits per heavy atom. The zero-order valence-corrected chi connectivity index (χ0v) is 24.2. The topological polar surface area (TPSA) is 132 Å². The average molecular weight is 555 g/mol. The second kappa shape index (κ2) is 10.6. The number of rotatable bonds is 5. The quantitative estimate of drug-likeness (QED) is 0.446. The minimum Gasteiger partial charge on any atom is -0.359 e. The minimum atomic E-state index is -0.301. The van der Waals surface area contributed by atoms with Crippen LogP contribution in [-0.2, 0) is 10.2 Å². The number of aliphatic imine (C=N–C) groups is 1. The van der Waals surface area contributed by atoms with Gasteiger partial charge < -0.3 is 16.0 Å². The molecule has 0 saturated carbocycles. The minimum absolute atomic E-state index is 0.0720. The Bertz CT molecular complexity index is 1280. The Balaban J connectivity index is 1.26. The number of hydrazine groups is 1. The van der Waals surface area contributed by atoms with E-state index in [1.807, 2.05) is 29.7 Å². The van der Waals surface area contributed by atoms with Crippen molar-refractivity contribution in [2.24, 2.45) is 16.8 Å². The number of nitrogens with one attached hydrogen (secondary N) is 4. The number of aromatic nitrogens is 3. The zero-order chi connectivity index (χ0) is 27.9. The van der Waals surface area contributed by atoms with Gasteiger partial charge >= 0.3 is 6.03 Å². The van der Waals surface area contributed by atoms with E-state index < -0.39 is 0 Å². The molecule has 0 bridgehead atoms. The summed E-state index contributed by atoms with van der Waals surface area (Å²) in [5.41, 5.74) is 2.59. The van der Waals surface area contributed by atoms with Gasteiger partial charge in [-0.05, 0) is 29.4 Å². The van der Waals surface area contributed by atoms with Crippen LogP contribution in [0.5, 0.6) is 0 Å².